The molecular weight excluding hydrogens is 446 g/mol. The van der Waals surface area contributed by atoms with Gasteiger partial charge in [-0.25, -0.2) is 9.97 Å². The van der Waals surface area contributed by atoms with Crippen molar-refractivity contribution >= 4 is 33.3 Å². The van der Waals surface area contributed by atoms with E-state index in [-0.39, 0.29) is 11.9 Å². The Morgan fingerprint density at radius 2 is 2.09 bits per heavy atom. The van der Waals surface area contributed by atoms with Crippen molar-refractivity contribution in [1.82, 2.24) is 19.9 Å². The third kappa shape index (κ3) is 4.21. The number of pyridine rings is 1. The first-order valence-corrected chi connectivity index (χ1v) is 12.3. The van der Waals surface area contributed by atoms with E-state index in [0.29, 0.717) is 6.54 Å². The molecule has 0 bridgehead atoms. The van der Waals surface area contributed by atoms with E-state index in [4.69, 9.17) is 4.74 Å². The second-order valence-electron chi connectivity index (χ2n) is 8.42. The van der Waals surface area contributed by atoms with Gasteiger partial charge in [-0.2, -0.15) is 0 Å². The second kappa shape index (κ2) is 9.77. The Morgan fingerprint density at radius 3 is 2.91 bits per heavy atom. The number of benzene rings is 1. The molecule has 4 heterocycles. The van der Waals surface area contributed by atoms with E-state index in [1.807, 2.05) is 48.4 Å². The van der Waals surface area contributed by atoms with Crippen molar-refractivity contribution in [2.24, 2.45) is 0 Å². The second-order valence-corrected chi connectivity index (χ2v) is 9.42. The molecule has 3 aromatic heterocycles. The molecule has 4 aromatic rings. The first-order valence-electron chi connectivity index (χ1n) is 11.5. The predicted octanol–water partition coefficient (Wildman–Crippen LogP) is 5.38. The van der Waals surface area contributed by atoms with Crippen LogP contribution in [0.3, 0.4) is 0 Å². The Labute approximate surface area is 202 Å². The monoisotopic (exact) mass is 473 g/mol. The summed E-state index contributed by atoms with van der Waals surface area (Å²) in [5.74, 6) is 1.61. The van der Waals surface area contributed by atoms with Crippen LogP contribution < -0.4 is 10.1 Å². The number of carbonyl (C=O) groups excluding carboxylic acids is 1. The molecular formula is C26H27N5O2S. The molecule has 1 atom stereocenters. The number of rotatable bonds is 6. The maximum atomic E-state index is 13.8. The highest BCUT2D eigenvalue weighted by Crippen LogP contribution is 2.38. The zero-order valence-electron chi connectivity index (χ0n) is 19.3. The van der Waals surface area contributed by atoms with Crippen molar-refractivity contribution in [3.05, 3.63) is 76.7 Å². The Kier molecular flexibility index (Phi) is 6.40. The largest absolute Gasteiger partial charge is 0.496 e. The van der Waals surface area contributed by atoms with Crippen LogP contribution in [-0.2, 0) is 6.54 Å². The lowest BCUT2D eigenvalue weighted by Crippen LogP contribution is -2.38. The quantitative estimate of drug-likeness (QED) is 0.405. The summed E-state index contributed by atoms with van der Waals surface area (Å²) in [7, 11) is 1.67. The number of methoxy groups -OCH3 is 1. The fourth-order valence-electron chi connectivity index (χ4n) is 4.66. The normalized spacial score (nSPS) is 15.9. The van der Waals surface area contributed by atoms with Gasteiger partial charge in [0, 0.05) is 31.0 Å². The number of likely N-dealkylation sites (tertiary alicyclic amines) is 1. The number of thiophene rings is 1. The van der Waals surface area contributed by atoms with E-state index in [1.54, 1.807) is 19.6 Å². The van der Waals surface area contributed by atoms with E-state index >= 15 is 0 Å². The van der Waals surface area contributed by atoms with E-state index in [9.17, 15) is 4.79 Å². The summed E-state index contributed by atoms with van der Waals surface area (Å²) in [5.41, 5.74) is 3.05. The molecule has 1 aromatic carbocycles. The molecule has 0 aliphatic carbocycles. The number of nitrogens with zero attached hydrogens (tertiary/aromatic N) is 4. The lowest BCUT2D eigenvalue weighted by atomic mass is 9.96. The van der Waals surface area contributed by atoms with Gasteiger partial charge in [-0.1, -0.05) is 24.3 Å². The average molecular weight is 474 g/mol. The van der Waals surface area contributed by atoms with Gasteiger partial charge < -0.3 is 15.0 Å². The molecule has 8 heteroatoms. The summed E-state index contributed by atoms with van der Waals surface area (Å²) < 4.78 is 5.47. The summed E-state index contributed by atoms with van der Waals surface area (Å²) in [6.07, 6.45) is 8.27. The molecule has 1 aliphatic rings. The molecule has 0 radical (unpaired) electrons. The standard InChI is InChI=1S/C26H27N5O2S/c1-17-22-24(28-15-19-8-3-4-11-21(19)33-2)29-16-30-25(22)34-23(17)26(32)31-13-6-5-10-20(31)18-9-7-12-27-14-18/h3-4,7-9,11-12,14,16,20H,5-6,10,13,15H2,1-2H3,(H,28,29,30)/t20-/m1/s1. The average Bonchev–Trinajstić information content (AvgIpc) is 3.24. The Morgan fingerprint density at radius 1 is 1.21 bits per heavy atom. The van der Waals surface area contributed by atoms with Crippen LogP contribution in [0.25, 0.3) is 10.2 Å². The summed E-state index contributed by atoms with van der Waals surface area (Å²) in [6, 6.07) is 11.9. The number of carbonyl (C=O) groups is 1. The van der Waals surface area contributed by atoms with Gasteiger partial charge in [-0.05, 0) is 49.4 Å². The maximum Gasteiger partial charge on any atom is 0.264 e. The fraction of sp³-hybridized carbons (Fsp3) is 0.308. The molecule has 1 fully saturated rings. The molecule has 1 N–H and O–H groups in total. The van der Waals surface area contributed by atoms with Gasteiger partial charge in [0.1, 0.15) is 22.7 Å². The number of aromatic nitrogens is 3. The Hall–Kier alpha value is -3.52. The molecule has 0 spiro atoms. The number of aryl methyl sites for hydroxylation is 1. The Balaban J connectivity index is 1.45. The number of piperidine rings is 1. The summed E-state index contributed by atoms with van der Waals surface area (Å²) in [6.45, 7) is 3.30. The zero-order chi connectivity index (χ0) is 23.5. The van der Waals surface area contributed by atoms with E-state index in [0.717, 1.165) is 69.2 Å². The van der Waals surface area contributed by atoms with Crippen molar-refractivity contribution in [3.8, 4) is 5.75 Å². The van der Waals surface area contributed by atoms with E-state index in [1.165, 1.54) is 11.3 Å². The van der Waals surface area contributed by atoms with Crippen molar-refractivity contribution in [3.63, 3.8) is 0 Å². The first kappa shape index (κ1) is 22.3. The number of ether oxygens (including phenoxy) is 1. The van der Waals surface area contributed by atoms with Crippen LogP contribution in [0.15, 0.2) is 55.1 Å². The number of hydrogen-bond donors (Lipinski definition) is 1. The van der Waals surface area contributed by atoms with Crippen molar-refractivity contribution in [2.45, 2.75) is 38.8 Å². The highest BCUT2D eigenvalue weighted by atomic mass is 32.1. The molecule has 0 unspecified atom stereocenters. The highest BCUT2D eigenvalue weighted by Gasteiger charge is 2.31. The van der Waals surface area contributed by atoms with E-state index < -0.39 is 0 Å². The van der Waals surface area contributed by atoms with Crippen LogP contribution in [-0.4, -0.2) is 39.4 Å². The highest BCUT2D eigenvalue weighted by molar-refractivity contribution is 7.20. The van der Waals surface area contributed by atoms with E-state index in [2.05, 4.69) is 26.3 Å². The lowest BCUT2D eigenvalue weighted by molar-refractivity contribution is 0.0615. The Bertz CT molecular complexity index is 1310. The molecule has 34 heavy (non-hydrogen) atoms. The summed E-state index contributed by atoms with van der Waals surface area (Å²) in [4.78, 5) is 30.6. The molecule has 7 nitrogen and oxygen atoms in total. The van der Waals surface area contributed by atoms with Crippen molar-refractivity contribution < 1.29 is 9.53 Å². The third-order valence-electron chi connectivity index (χ3n) is 6.39. The van der Waals surface area contributed by atoms with Gasteiger partial charge in [-0.3, -0.25) is 9.78 Å². The van der Waals surface area contributed by atoms with Crippen LogP contribution in [0.5, 0.6) is 5.75 Å². The molecule has 0 saturated carbocycles. The van der Waals surface area contributed by atoms with Crippen LogP contribution in [0, 0.1) is 6.92 Å². The van der Waals surface area contributed by atoms with Gasteiger partial charge >= 0.3 is 0 Å². The molecule has 5 rings (SSSR count). The topological polar surface area (TPSA) is 80.2 Å². The van der Waals surface area contributed by atoms with Crippen molar-refractivity contribution in [2.75, 3.05) is 19.0 Å². The lowest BCUT2D eigenvalue weighted by Gasteiger charge is -2.35. The molecule has 1 amide bonds. The number of para-hydroxylation sites is 1. The number of nitrogens with one attached hydrogen (secondary N) is 1. The summed E-state index contributed by atoms with van der Waals surface area (Å²) >= 11 is 1.44. The number of anilines is 1. The SMILES string of the molecule is COc1ccccc1CNc1ncnc2sc(C(=O)N3CCCC[C@@H]3c3cccnc3)c(C)c12. The van der Waals surface area contributed by atoms with Crippen LogP contribution in [0.4, 0.5) is 5.82 Å². The van der Waals surface area contributed by atoms with Gasteiger partial charge in [0.05, 0.1) is 23.4 Å². The minimum atomic E-state index is 0.0498. The minimum Gasteiger partial charge on any atom is -0.496 e. The van der Waals surface area contributed by atoms with Gasteiger partial charge in [0.25, 0.3) is 5.91 Å². The fourth-order valence-corrected chi connectivity index (χ4v) is 5.77. The minimum absolute atomic E-state index is 0.0498. The number of amides is 1. The van der Waals surface area contributed by atoms with Crippen molar-refractivity contribution in [1.29, 1.82) is 0 Å². The zero-order valence-corrected chi connectivity index (χ0v) is 20.1. The smallest absolute Gasteiger partial charge is 0.264 e. The van der Waals surface area contributed by atoms with Gasteiger partial charge in [0.15, 0.2) is 0 Å². The molecule has 1 aliphatic heterocycles. The van der Waals surface area contributed by atoms with Gasteiger partial charge in [-0.15, -0.1) is 11.3 Å². The first-order chi connectivity index (χ1) is 16.7. The summed E-state index contributed by atoms with van der Waals surface area (Å²) in [5, 5.41) is 4.33. The molecule has 174 valence electrons. The third-order valence-corrected chi connectivity index (χ3v) is 7.58. The maximum absolute atomic E-state index is 13.8. The number of fused-ring (bicyclic) bond motifs is 1. The van der Waals surface area contributed by atoms with Gasteiger partial charge in [0.2, 0.25) is 0 Å². The van der Waals surface area contributed by atoms with Crippen LogP contribution in [0.2, 0.25) is 0 Å². The van der Waals surface area contributed by atoms with Crippen LogP contribution >= 0.6 is 11.3 Å². The number of hydrogen-bond acceptors (Lipinski definition) is 7. The molecule has 1 saturated heterocycles. The predicted molar refractivity (Wildman–Crippen MR) is 134 cm³/mol. The van der Waals surface area contributed by atoms with Crippen LogP contribution in [0.1, 0.15) is 51.7 Å².